The molecule has 0 radical (unpaired) electrons. The van der Waals surface area contributed by atoms with E-state index in [-0.39, 0.29) is 9.92 Å². The molecule has 1 aromatic rings. The second-order valence-corrected chi connectivity index (χ2v) is 6.32. The van der Waals surface area contributed by atoms with E-state index in [0.29, 0.717) is 0 Å². The molecule has 7 heteroatoms. The van der Waals surface area contributed by atoms with Crippen LogP contribution in [-0.4, -0.2) is 61.0 Å². The Bertz CT molecular complexity index is 430. The summed E-state index contributed by atoms with van der Waals surface area (Å²) in [7, 11) is 2.17. The molecule has 1 aromatic heterocycles. The van der Waals surface area contributed by atoms with Gasteiger partial charge in [-0.1, -0.05) is 11.3 Å². The fourth-order valence-electron chi connectivity index (χ4n) is 2.27. The zero-order valence-corrected chi connectivity index (χ0v) is 12.7. The van der Waals surface area contributed by atoms with E-state index in [2.05, 4.69) is 22.2 Å². The Morgan fingerprint density at radius 1 is 1.35 bits per heavy atom. The van der Waals surface area contributed by atoms with Crippen LogP contribution < -0.4 is 5.32 Å². The fourth-order valence-corrected chi connectivity index (χ4v) is 3.06. The van der Waals surface area contributed by atoms with Gasteiger partial charge in [-0.3, -0.25) is 10.1 Å². The highest BCUT2D eigenvalue weighted by molar-refractivity contribution is 7.15. The predicted octanol–water partition coefficient (Wildman–Crippen LogP) is 1.38. The summed E-state index contributed by atoms with van der Waals surface area (Å²) in [5.41, 5.74) is 0. The Balaban J connectivity index is 1.56. The summed E-state index contributed by atoms with van der Waals surface area (Å²) < 4.78 is 0. The maximum absolute atomic E-state index is 10.6. The molecule has 6 nitrogen and oxygen atoms in total. The Labute approximate surface area is 123 Å². The van der Waals surface area contributed by atoms with E-state index in [1.165, 1.54) is 11.3 Å². The van der Waals surface area contributed by atoms with Crippen molar-refractivity contribution in [1.82, 2.24) is 15.1 Å². The standard InChI is InChI=1S/C13H22N4O2S/c1-15-7-9-16(10-8-15)6-2-5-14-11-12-3-4-13(20-12)17(18)19/h3-4,14H,2,5-11H2,1H3. The maximum Gasteiger partial charge on any atom is 0.324 e. The molecule has 0 atom stereocenters. The van der Waals surface area contributed by atoms with E-state index in [1.807, 2.05) is 6.07 Å². The van der Waals surface area contributed by atoms with Crippen LogP contribution in [0, 0.1) is 10.1 Å². The number of thiophene rings is 1. The normalized spacial score (nSPS) is 17.4. The molecule has 1 fully saturated rings. The van der Waals surface area contributed by atoms with Gasteiger partial charge in [-0.05, 0) is 32.6 Å². The zero-order chi connectivity index (χ0) is 14.4. The van der Waals surface area contributed by atoms with Crippen LogP contribution >= 0.6 is 11.3 Å². The molecule has 2 heterocycles. The Kier molecular flexibility index (Phi) is 5.90. The van der Waals surface area contributed by atoms with Gasteiger partial charge in [-0.15, -0.1) is 0 Å². The third-order valence-electron chi connectivity index (χ3n) is 3.55. The first-order chi connectivity index (χ1) is 9.65. The molecular formula is C13H22N4O2S. The third-order valence-corrected chi connectivity index (χ3v) is 4.59. The number of likely N-dealkylation sites (N-methyl/N-ethyl adjacent to an activating group) is 1. The highest BCUT2D eigenvalue weighted by atomic mass is 32.1. The highest BCUT2D eigenvalue weighted by Crippen LogP contribution is 2.23. The molecule has 1 saturated heterocycles. The smallest absolute Gasteiger partial charge is 0.312 e. The molecule has 1 N–H and O–H groups in total. The van der Waals surface area contributed by atoms with Crippen LogP contribution in [0.5, 0.6) is 0 Å². The minimum absolute atomic E-state index is 0.222. The van der Waals surface area contributed by atoms with Crippen LogP contribution in [0.15, 0.2) is 12.1 Å². The van der Waals surface area contributed by atoms with Gasteiger partial charge < -0.3 is 15.1 Å². The summed E-state index contributed by atoms with van der Waals surface area (Å²) >= 11 is 1.25. The number of rotatable bonds is 7. The van der Waals surface area contributed by atoms with Crippen molar-refractivity contribution in [3.63, 3.8) is 0 Å². The summed E-state index contributed by atoms with van der Waals surface area (Å²) in [4.78, 5) is 16.1. The maximum atomic E-state index is 10.6. The van der Waals surface area contributed by atoms with Crippen molar-refractivity contribution in [3.8, 4) is 0 Å². The first kappa shape index (κ1) is 15.4. The average Bonchev–Trinajstić information content (AvgIpc) is 2.89. The molecule has 1 aliphatic heterocycles. The van der Waals surface area contributed by atoms with E-state index < -0.39 is 0 Å². The lowest BCUT2D eigenvalue weighted by Gasteiger charge is -2.32. The predicted molar refractivity (Wildman–Crippen MR) is 81.2 cm³/mol. The third kappa shape index (κ3) is 4.82. The summed E-state index contributed by atoms with van der Waals surface area (Å²) in [5.74, 6) is 0. The topological polar surface area (TPSA) is 61.6 Å². The van der Waals surface area contributed by atoms with Crippen molar-refractivity contribution in [3.05, 3.63) is 27.1 Å². The van der Waals surface area contributed by atoms with Crippen molar-refractivity contribution >= 4 is 16.3 Å². The first-order valence-electron chi connectivity index (χ1n) is 7.00. The van der Waals surface area contributed by atoms with Gasteiger partial charge >= 0.3 is 5.00 Å². The molecule has 0 aromatic carbocycles. The Morgan fingerprint density at radius 2 is 2.10 bits per heavy atom. The van der Waals surface area contributed by atoms with Crippen molar-refractivity contribution < 1.29 is 4.92 Å². The van der Waals surface area contributed by atoms with E-state index in [4.69, 9.17) is 0 Å². The lowest BCUT2D eigenvalue weighted by Crippen LogP contribution is -2.45. The monoisotopic (exact) mass is 298 g/mol. The van der Waals surface area contributed by atoms with Crippen LogP contribution in [0.25, 0.3) is 0 Å². The molecule has 0 bridgehead atoms. The summed E-state index contributed by atoms with van der Waals surface area (Å²) in [5, 5.41) is 14.1. The van der Waals surface area contributed by atoms with Gasteiger partial charge in [-0.25, -0.2) is 0 Å². The van der Waals surface area contributed by atoms with Gasteiger partial charge in [0.2, 0.25) is 0 Å². The van der Waals surface area contributed by atoms with Crippen molar-refractivity contribution in [2.24, 2.45) is 0 Å². The lowest BCUT2D eigenvalue weighted by molar-refractivity contribution is -0.380. The molecule has 1 aliphatic rings. The van der Waals surface area contributed by atoms with Crippen LogP contribution in [0.2, 0.25) is 0 Å². The van der Waals surface area contributed by atoms with Gasteiger partial charge in [-0.2, -0.15) is 0 Å². The molecule has 20 heavy (non-hydrogen) atoms. The van der Waals surface area contributed by atoms with E-state index in [9.17, 15) is 10.1 Å². The van der Waals surface area contributed by atoms with Crippen LogP contribution in [0.1, 0.15) is 11.3 Å². The average molecular weight is 298 g/mol. The molecule has 2 rings (SSSR count). The van der Waals surface area contributed by atoms with Crippen molar-refractivity contribution in [2.45, 2.75) is 13.0 Å². The minimum atomic E-state index is -0.332. The van der Waals surface area contributed by atoms with Gasteiger partial charge in [0.25, 0.3) is 0 Å². The van der Waals surface area contributed by atoms with Gasteiger partial charge in [0.05, 0.1) is 4.92 Å². The zero-order valence-electron chi connectivity index (χ0n) is 11.9. The summed E-state index contributed by atoms with van der Waals surface area (Å²) in [6.07, 6.45) is 1.12. The van der Waals surface area contributed by atoms with Crippen molar-refractivity contribution in [1.29, 1.82) is 0 Å². The number of nitro groups is 1. The molecular weight excluding hydrogens is 276 g/mol. The highest BCUT2D eigenvalue weighted by Gasteiger charge is 2.13. The van der Waals surface area contributed by atoms with Crippen molar-refractivity contribution in [2.75, 3.05) is 46.3 Å². The quantitative estimate of drug-likeness (QED) is 0.468. The molecule has 0 amide bonds. The van der Waals surface area contributed by atoms with Crippen LogP contribution in [0.4, 0.5) is 5.00 Å². The van der Waals surface area contributed by atoms with Gasteiger partial charge in [0.1, 0.15) is 0 Å². The lowest BCUT2D eigenvalue weighted by atomic mass is 10.3. The van der Waals surface area contributed by atoms with Gasteiger partial charge in [0.15, 0.2) is 0 Å². The largest absolute Gasteiger partial charge is 0.324 e. The SMILES string of the molecule is CN1CCN(CCCNCc2ccc([N+](=O)[O-])s2)CC1. The Hall–Kier alpha value is -1.02. The minimum Gasteiger partial charge on any atom is -0.312 e. The number of hydrogen-bond donors (Lipinski definition) is 1. The molecule has 112 valence electrons. The number of nitrogens with one attached hydrogen (secondary N) is 1. The number of piperazine rings is 1. The Morgan fingerprint density at radius 3 is 2.75 bits per heavy atom. The number of nitrogens with zero attached hydrogens (tertiary/aromatic N) is 3. The van der Waals surface area contributed by atoms with Crippen LogP contribution in [-0.2, 0) is 6.54 Å². The van der Waals surface area contributed by atoms with E-state index in [1.54, 1.807) is 6.07 Å². The summed E-state index contributed by atoms with van der Waals surface area (Å²) in [6, 6.07) is 3.40. The second kappa shape index (κ2) is 7.68. The molecule has 0 aliphatic carbocycles. The molecule has 0 unspecified atom stereocenters. The number of hydrogen-bond acceptors (Lipinski definition) is 6. The first-order valence-corrected chi connectivity index (χ1v) is 7.81. The van der Waals surface area contributed by atoms with E-state index >= 15 is 0 Å². The second-order valence-electron chi connectivity index (χ2n) is 5.17. The molecule has 0 saturated carbocycles. The fraction of sp³-hybridized carbons (Fsp3) is 0.692. The van der Waals surface area contributed by atoms with Crippen LogP contribution in [0.3, 0.4) is 0 Å². The molecule has 0 spiro atoms. The van der Waals surface area contributed by atoms with Gasteiger partial charge in [0, 0.05) is 43.7 Å². The van der Waals surface area contributed by atoms with E-state index in [0.717, 1.165) is 57.1 Å². The summed E-state index contributed by atoms with van der Waals surface area (Å²) in [6.45, 7) is 7.45.